The summed E-state index contributed by atoms with van der Waals surface area (Å²) in [5.41, 5.74) is 8.44. The molecule has 2 saturated heterocycles. The SMILES string of the molecule is C[C@@H]([C@@H]1CCCN1C)n1ncc2c(N3CCC[C@@](C)(O)C3)nc(-c3noc4c3COC[C@]43CCCc4sc(N)c(C#N)c43)nc21. The molecule has 0 radical (unpaired) electrons. The lowest BCUT2D eigenvalue weighted by Gasteiger charge is -2.38. The maximum absolute atomic E-state index is 11.0. The summed E-state index contributed by atoms with van der Waals surface area (Å²) in [6.07, 6.45) is 8.33. The van der Waals surface area contributed by atoms with Crippen LogP contribution in [0, 0.1) is 11.3 Å². The molecule has 1 spiro atoms. The highest BCUT2D eigenvalue weighted by atomic mass is 32.1. The Hall–Kier alpha value is -3.57. The van der Waals surface area contributed by atoms with E-state index < -0.39 is 11.0 Å². The number of β-amino-alcohol motifs (C(OH)–C–C–N with tert-alkyl or cyclic N) is 1. The highest BCUT2D eigenvalue weighted by Crippen LogP contribution is 2.52. The van der Waals surface area contributed by atoms with Gasteiger partial charge in [-0.3, -0.25) is 0 Å². The van der Waals surface area contributed by atoms with Gasteiger partial charge in [0.2, 0.25) is 0 Å². The van der Waals surface area contributed by atoms with E-state index in [4.69, 9.17) is 30.1 Å². The third-order valence-corrected chi connectivity index (χ3v) is 11.6. The highest BCUT2D eigenvalue weighted by molar-refractivity contribution is 7.16. The molecular formula is C32H39N9O3S. The number of nitrogens with zero attached hydrogens (tertiary/aromatic N) is 8. The number of aliphatic hydroxyl groups is 1. The molecule has 3 N–H and O–H groups in total. The monoisotopic (exact) mass is 629 g/mol. The molecule has 3 aliphatic heterocycles. The van der Waals surface area contributed by atoms with Crippen molar-refractivity contribution in [1.29, 1.82) is 5.26 Å². The number of hydrogen-bond donors (Lipinski definition) is 2. The van der Waals surface area contributed by atoms with E-state index in [0.717, 1.165) is 96.7 Å². The van der Waals surface area contributed by atoms with E-state index in [1.165, 1.54) is 11.3 Å². The number of aromatic nitrogens is 5. The zero-order valence-corrected chi connectivity index (χ0v) is 26.9. The van der Waals surface area contributed by atoms with Crippen molar-refractivity contribution in [2.24, 2.45) is 0 Å². The molecule has 0 amide bonds. The second kappa shape index (κ2) is 10.5. The van der Waals surface area contributed by atoms with Gasteiger partial charge in [-0.1, -0.05) is 5.16 Å². The molecule has 1 aliphatic carbocycles. The Morgan fingerprint density at radius 3 is 2.87 bits per heavy atom. The van der Waals surface area contributed by atoms with E-state index in [0.29, 0.717) is 47.9 Å². The van der Waals surface area contributed by atoms with E-state index in [2.05, 4.69) is 35.0 Å². The summed E-state index contributed by atoms with van der Waals surface area (Å²) in [6, 6.07) is 2.81. The van der Waals surface area contributed by atoms with Gasteiger partial charge in [-0.05, 0) is 72.4 Å². The Labute approximate surface area is 265 Å². The first-order valence-corrected chi connectivity index (χ1v) is 16.8. The molecule has 4 aliphatic rings. The largest absolute Gasteiger partial charge is 0.389 e. The number of likely N-dealkylation sites (tertiary alicyclic amines) is 1. The summed E-state index contributed by atoms with van der Waals surface area (Å²) in [4.78, 5) is 16.0. The quantitative estimate of drug-likeness (QED) is 0.334. The van der Waals surface area contributed by atoms with Gasteiger partial charge in [0.25, 0.3) is 0 Å². The minimum Gasteiger partial charge on any atom is -0.389 e. The number of nitrogen functional groups attached to an aromatic ring is 1. The molecule has 7 heterocycles. The summed E-state index contributed by atoms with van der Waals surface area (Å²) >= 11 is 1.50. The molecule has 236 valence electrons. The van der Waals surface area contributed by atoms with Crippen molar-refractivity contribution in [3.8, 4) is 17.6 Å². The van der Waals surface area contributed by atoms with E-state index >= 15 is 0 Å². The summed E-state index contributed by atoms with van der Waals surface area (Å²) in [7, 11) is 2.18. The van der Waals surface area contributed by atoms with Gasteiger partial charge in [0.1, 0.15) is 16.9 Å². The average molecular weight is 630 g/mol. The summed E-state index contributed by atoms with van der Waals surface area (Å²) in [6.45, 7) is 7.12. The number of nitrogens with two attached hydrogens (primary N) is 1. The number of anilines is 2. The number of fused-ring (bicyclic) bond motifs is 5. The maximum atomic E-state index is 11.0. The van der Waals surface area contributed by atoms with E-state index in [9.17, 15) is 10.4 Å². The number of rotatable bonds is 4. The number of aryl methyl sites for hydroxylation is 1. The van der Waals surface area contributed by atoms with Gasteiger partial charge >= 0.3 is 0 Å². The van der Waals surface area contributed by atoms with Crippen molar-refractivity contribution >= 4 is 33.2 Å². The van der Waals surface area contributed by atoms with Gasteiger partial charge in [-0.25, -0.2) is 14.6 Å². The highest BCUT2D eigenvalue weighted by Gasteiger charge is 2.50. The smallest absolute Gasteiger partial charge is 0.186 e. The van der Waals surface area contributed by atoms with Crippen LogP contribution in [0.5, 0.6) is 0 Å². The summed E-state index contributed by atoms with van der Waals surface area (Å²) in [5.74, 6) is 1.91. The third kappa shape index (κ3) is 4.40. The molecule has 45 heavy (non-hydrogen) atoms. The second-order valence-corrected chi connectivity index (χ2v) is 14.8. The minimum absolute atomic E-state index is 0.0991. The second-order valence-electron chi connectivity index (χ2n) is 13.7. The first kappa shape index (κ1) is 28.9. The lowest BCUT2D eigenvalue weighted by molar-refractivity contribution is 0.0448. The van der Waals surface area contributed by atoms with Crippen LogP contribution in [0.1, 0.15) is 85.7 Å². The maximum Gasteiger partial charge on any atom is 0.186 e. The molecule has 0 saturated carbocycles. The molecule has 4 atom stereocenters. The molecule has 12 nitrogen and oxygen atoms in total. The van der Waals surface area contributed by atoms with Crippen molar-refractivity contribution in [3.05, 3.63) is 33.5 Å². The number of ether oxygens (including phenoxy) is 1. The van der Waals surface area contributed by atoms with Crippen molar-refractivity contribution in [2.45, 2.75) is 88.5 Å². The van der Waals surface area contributed by atoms with Crippen molar-refractivity contribution in [2.75, 3.05) is 43.9 Å². The standard InChI is InChI=1S/C32H39N9O3S/c1-18(22-7-5-11-39(22)3)41-30-20(14-35-41)29(40-12-6-9-31(2,42)16-40)36-28(37-30)25-21-15-43-17-32(26(21)44-38-25)10-4-8-23-24(32)19(13-33)27(34)45-23/h14,18,22,42H,4-12,15-17,34H2,1-3H3/t18-,22-,31+,32-/m0/s1. The molecule has 13 heteroatoms. The van der Waals surface area contributed by atoms with Gasteiger partial charge in [0.15, 0.2) is 22.9 Å². The van der Waals surface area contributed by atoms with Crippen LogP contribution in [-0.2, 0) is 23.2 Å². The Balaban J connectivity index is 1.30. The molecule has 0 unspecified atom stereocenters. The fraction of sp³-hybridized carbons (Fsp3) is 0.594. The van der Waals surface area contributed by atoms with Crippen molar-refractivity contribution in [1.82, 2.24) is 29.8 Å². The molecule has 0 aromatic carbocycles. The zero-order chi connectivity index (χ0) is 31.1. The first-order chi connectivity index (χ1) is 21.7. The third-order valence-electron chi connectivity index (χ3n) is 10.6. The van der Waals surface area contributed by atoms with E-state index in [1.807, 2.05) is 17.8 Å². The molecule has 0 bridgehead atoms. The van der Waals surface area contributed by atoms with Crippen LogP contribution in [0.2, 0.25) is 0 Å². The average Bonchev–Trinajstić information content (AvgIpc) is 3.81. The van der Waals surface area contributed by atoms with Crippen LogP contribution in [0.4, 0.5) is 10.8 Å². The van der Waals surface area contributed by atoms with Crippen LogP contribution in [0.3, 0.4) is 0 Å². The zero-order valence-electron chi connectivity index (χ0n) is 26.0. The Morgan fingerprint density at radius 2 is 2.09 bits per heavy atom. The first-order valence-electron chi connectivity index (χ1n) is 16.0. The Morgan fingerprint density at radius 1 is 1.22 bits per heavy atom. The summed E-state index contributed by atoms with van der Waals surface area (Å²) < 4.78 is 14.6. The topological polar surface area (TPSA) is 155 Å². The predicted octanol–water partition coefficient (Wildman–Crippen LogP) is 4.16. The van der Waals surface area contributed by atoms with Gasteiger partial charge in [-0.2, -0.15) is 10.4 Å². The predicted molar refractivity (Wildman–Crippen MR) is 170 cm³/mol. The number of piperidine rings is 1. The van der Waals surface area contributed by atoms with E-state index in [1.54, 1.807) is 0 Å². The lowest BCUT2D eigenvalue weighted by atomic mass is 9.68. The minimum atomic E-state index is -0.821. The van der Waals surface area contributed by atoms with Crippen LogP contribution in [-0.4, -0.2) is 79.8 Å². The Bertz CT molecular complexity index is 1830. The normalized spacial score (nSPS) is 27.5. The fourth-order valence-electron chi connectivity index (χ4n) is 8.39. The van der Waals surface area contributed by atoms with Gasteiger partial charge in [0.05, 0.1) is 53.0 Å². The molecule has 4 aromatic rings. The van der Waals surface area contributed by atoms with Crippen molar-refractivity contribution in [3.63, 3.8) is 0 Å². The van der Waals surface area contributed by atoms with Crippen LogP contribution < -0.4 is 10.6 Å². The van der Waals surface area contributed by atoms with Crippen molar-refractivity contribution < 1.29 is 14.4 Å². The molecule has 4 aromatic heterocycles. The van der Waals surface area contributed by atoms with Gasteiger partial charge in [-0.15, -0.1) is 11.3 Å². The number of nitriles is 1. The molecule has 2 fully saturated rings. The van der Waals surface area contributed by atoms with Gasteiger partial charge in [0, 0.05) is 29.6 Å². The van der Waals surface area contributed by atoms with Crippen LogP contribution in [0.25, 0.3) is 22.6 Å². The van der Waals surface area contributed by atoms with Crippen LogP contribution in [0.15, 0.2) is 10.7 Å². The molecular weight excluding hydrogens is 590 g/mol. The molecule has 8 rings (SSSR count). The number of hydrogen-bond acceptors (Lipinski definition) is 12. The summed E-state index contributed by atoms with van der Waals surface area (Å²) in [5, 5.41) is 32.0. The number of likely N-dealkylation sites (N-methyl/N-ethyl adjacent to an activating group) is 1. The van der Waals surface area contributed by atoms with Crippen LogP contribution >= 0.6 is 11.3 Å². The van der Waals surface area contributed by atoms with E-state index in [-0.39, 0.29) is 6.04 Å². The fourth-order valence-corrected chi connectivity index (χ4v) is 9.55. The Kier molecular flexibility index (Phi) is 6.73. The lowest BCUT2D eigenvalue weighted by Crippen LogP contribution is -2.46. The number of thiophene rings is 1. The van der Waals surface area contributed by atoms with Gasteiger partial charge < -0.3 is 29.9 Å².